The highest BCUT2D eigenvalue weighted by atomic mass is 79.9. The molecular weight excluding hydrogens is 986 g/mol. The van der Waals surface area contributed by atoms with Crippen LogP contribution in [0.5, 0.6) is 11.5 Å². The van der Waals surface area contributed by atoms with Gasteiger partial charge in [0, 0.05) is 48.4 Å². The minimum atomic E-state index is -0.840. The van der Waals surface area contributed by atoms with Gasteiger partial charge in [-0.1, -0.05) is 30.3 Å². The van der Waals surface area contributed by atoms with Gasteiger partial charge in [-0.25, -0.2) is 14.8 Å². The SMILES string of the molecule is COc1ccc(C(=O)c2cn(Cc3cccc(Br)n3)c3ccccc3c2=O)cc1C(=O)OCc1ccc2c(c1)c(=O)c(C(=O)c1ccc(OC)c(C(=O)N(C)C)c1)cn2Cc1cccc(Br)n1. The third kappa shape index (κ3) is 9.57. The van der Waals surface area contributed by atoms with Crippen LogP contribution in [0.2, 0.25) is 0 Å². The molecule has 4 aromatic carbocycles. The van der Waals surface area contributed by atoms with Gasteiger partial charge in [0.25, 0.3) is 5.91 Å². The van der Waals surface area contributed by atoms with Gasteiger partial charge >= 0.3 is 5.97 Å². The Morgan fingerprint density at radius 2 is 1.10 bits per heavy atom. The third-order valence-electron chi connectivity index (χ3n) is 11.0. The number of fused-ring (bicyclic) bond motifs is 2. The molecule has 0 unspecified atom stereocenters. The van der Waals surface area contributed by atoms with Gasteiger partial charge in [0.05, 0.1) is 66.4 Å². The second kappa shape index (κ2) is 19.5. The van der Waals surface area contributed by atoms with Gasteiger partial charge in [-0.2, -0.15) is 0 Å². The molecule has 8 rings (SSSR count). The van der Waals surface area contributed by atoms with Gasteiger partial charge in [-0.05, 0) is 122 Å². The van der Waals surface area contributed by atoms with E-state index in [2.05, 4.69) is 41.8 Å². The Morgan fingerprint density at radius 1 is 0.582 bits per heavy atom. The van der Waals surface area contributed by atoms with E-state index in [0.717, 1.165) is 0 Å². The number of nitrogens with zero attached hydrogens (tertiary/aromatic N) is 5. The largest absolute Gasteiger partial charge is 0.496 e. The molecule has 0 bridgehead atoms. The molecule has 0 fully saturated rings. The van der Waals surface area contributed by atoms with Crippen molar-refractivity contribution < 1.29 is 33.4 Å². The molecule has 4 heterocycles. The summed E-state index contributed by atoms with van der Waals surface area (Å²) in [6.45, 7) is 0.141. The van der Waals surface area contributed by atoms with Gasteiger partial charge < -0.3 is 28.2 Å². The minimum Gasteiger partial charge on any atom is -0.496 e. The van der Waals surface area contributed by atoms with E-state index in [0.29, 0.717) is 42.6 Å². The lowest BCUT2D eigenvalue weighted by molar-refractivity contribution is 0.0469. The number of hydrogen-bond acceptors (Lipinski definition) is 11. The summed E-state index contributed by atoms with van der Waals surface area (Å²) in [5.41, 5.74) is 1.73. The highest BCUT2D eigenvalue weighted by molar-refractivity contribution is 9.10. The molecule has 67 heavy (non-hydrogen) atoms. The normalized spacial score (nSPS) is 11.1. The van der Waals surface area contributed by atoms with E-state index in [-0.39, 0.29) is 70.0 Å². The Hall–Kier alpha value is -7.56. The second-order valence-corrected chi connectivity index (χ2v) is 17.2. The molecule has 8 aromatic rings. The predicted octanol–water partition coefficient (Wildman–Crippen LogP) is 8.27. The van der Waals surface area contributed by atoms with E-state index >= 15 is 0 Å². The smallest absolute Gasteiger partial charge is 0.342 e. The molecule has 16 heteroatoms. The van der Waals surface area contributed by atoms with Gasteiger partial charge in [-0.3, -0.25) is 24.0 Å². The van der Waals surface area contributed by atoms with Crippen molar-refractivity contribution in [2.75, 3.05) is 28.3 Å². The van der Waals surface area contributed by atoms with Crippen molar-refractivity contribution in [1.82, 2.24) is 24.0 Å². The summed E-state index contributed by atoms with van der Waals surface area (Å²) >= 11 is 6.81. The number of para-hydroxylation sites is 1. The maximum atomic E-state index is 14.3. The van der Waals surface area contributed by atoms with Crippen LogP contribution in [-0.4, -0.2) is 75.8 Å². The second-order valence-electron chi connectivity index (χ2n) is 15.5. The Morgan fingerprint density at radius 3 is 1.66 bits per heavy atom. The van der Waals surface area contributed by atoms with Crippen LogP contribution >= 0.6 is 31.9 Å². The van der Waals surface area contributed by atoms with Crippen molar-refractivity contribution in [1.29, 1.82) is 0 Å². The summed E-state index contributed by atoms with van der Waals surface area (Å²) in [5.74, 6) is -2.08. The maximum absolute atomic E-state index is 14.3. The molecule has 0 radical (unpaired) electrons. The molecule has 0 aliphatic rings. The Bertz CT molecular complexity index is 3440. The lowest BCUT2D eigenvalue weighted by Crippen LogP contribution is -2.24. The highest BCUT2D eigenvalue weighted by Gasteiger charge is 2.24. The Balaban J connectivity index is 1.12. The molecule has 0 atom stereocenters. The monoisotopic (exact) mass is 1020 g/mol. The fraction of sp³-hybridized carbons (Fsp3) is 0.137. The molecule has 4 aromatic heterocycles. The van der Waals surface area contributed by atoms with Crippen molar-refractivity contribution in [2.45, 2.75) is 19.7 Å². The molecule has 1 amide bonds. The van der Waals surface area contributed by atoms with E-state index in [4.69, 9.17) is 14.2 Å². The zero-order chi connectivity index (χ0) is 47.5. The Labute approximate surface area is 399 Å². The van der Waals surface area contributed by atoms with E-state index in [1.54, 1.807) is 77.8 Å². The standard InChI is InChI=1S/C51H39Br2N5O9/c1-56(2)50(63)36-22-30(16-19-42(36)65-3)46(59)39-27-58(25-33-10-8-14-45(53)55-33)41-18-15-29(21-35(41)49(39)62)28-67-51(64)37-23-31(17-20-43(37)66-4)47(60)38-26-57(24-32-9-7-13-44(52)54-32)40-12-6-5-11-34(40)48(38)61/h5-23,26-27H,24-25,28H2,1-4H3. The number of pyridine rings is 4. The Kier molecular flexibility index (Phi) is 13.4. The van der Waals surface area contributed by atoms with Gasteiger partial charge in [-0.15, -0.1) is 0 Å². The first kappa shape index (κ1) is 46.0. The van der Waals surface area contributed by atoms with Crippen LogP contribution in [0.15, 0.2) is 146 Å². The fourth-order valence-corrected chi connectivity index (χ4v) is 8.45. The quantitative estimate of drug-likeness (QED) is 0.0584. The van der Waals surface area contributed by atoms with Gasteiger partial charge in [0.2, 0.25) is 10.9 Å². The maximum Gasteiger partial charge on any atom is 0.342 e. The molecule has 0 saturated heterocycles. The molecule has 336 valence electrons. The lowest BCUT2D eigenvalue weighted by Gasteiger charge is -2.16. The number of halogens is 2. The molecule has 0 N–H and O–H groups in total. The molecule has 0 aliphatic carbocycles. The average Bonchev–Trinajstić information content (AvgIpc) is 3.33. The van der Waals surface area contributed by atoms with Crippen molar-refractivity contribution in [3.8, 4) is 11.5 Å². The predicted molar refractivity (Wildman–Crippen MR) is 258 cm³/mol. The van der Waals surface area contributed by atoms with E-state index in [1.807, 2.05) is 24.3 Å². The number of ketones is 2. The molecule has 0 aliphatic heterocycles. The summed E-state index contributed by atoms with van der Waals surface area (Å²) < 4.78 is 21.4. The van der Waals surface area contributed by atoms with Crippen LogP contribution in [0.3, 0.4) is 0 Å². The van der Waals surface area contributed by atoms with Crippen LogP contribution in [0.4, 0.5) is 0 Å². The number of esters is 1. The number of ether oxygens (including phenoxy) is 3. The van der Waals surface area contributed by atoms with Gasteiger partial charge in [0.15, 0.2) is 11.6 Å². The summed E-state index contributed by atoms with van der Waals surface area (Å²) in [7, 11) is 5.94. The third-order valence-corrected chi connectivity index (χ3v) is 11.9. The number of amides is 1. The lowest BCUT2D eigenvalue weighted by atomic mass is 9.99. The van der Waals surface area contributed by atoms with Crippen molar-refractivity contribution in [3.63, 3.8) is 0 Å². The summed E-state index contributed by atoms with van der Waals surface area (Å²) in [6.07, 6.45) is 2.97. The summed E-state index contributed by atoms with van der Waals surface area (Å²) in [4.78, 5) is 93.9. The summed E-state index contributed by atoms with van der Waals surface area (Å²) in [6, 6.07) is 31.4. The first-order valence-electron chi connectivity index (χ1n) is 20.6. The number of hydrogen-bond donors (Lipinski definition) is 0. The average molecular weight is 1030 g/mol. The first-order valence-corrected chi connectivity index (χ1v) is 22.2. The number of rotatable bonds is 14. The van der Waals surface area contributed by atoms with Crippen LogP contribution < -0.4 is 20.3 Å². The van der Waals surface area contributed by atoms with Crippen molar-refractivity contribution in [2.24, 2.45) is 0 Å². The number of carbonyl (C=O) groups is 4. The highest BCUT2D eigenvalue weighted by Crippen LogP contribution is 2.27. The summed E-state index contributed by atoms with van der Waals surface area (Å²) in [5, 5.41) is 0.501. The van der Waals surface area contributed by atoms with E-state index in [1.165, 1.54) is 67.9 Å². The first-order chi connectivity index (χ1) is 32.2. The van der Waals surface area contributed by atoms with Gasteiger partial charge in [0.1, 0.15) is 32.9 Å². The minimum absolute atomic E-state index is 0.0470. The molecular formula is C51H39Br2N5O9. The van der Waals surface area contributed by atoms with Crippen LogP contribution in [0.1, 0.15) is 69.5 Å². The van der Waals surface area contributed by atoms with E-state index in [9.17, 15) is 28.8 Å². The molecule has 0 saturated carbocycles. The number of aromatic nitrogens is 4. The van der Waals surface area contributed by atoms with Crippen LogP contribution in [0, 0.1) is 0 Å². The number of benzene rings is 4. The van der Waals surface area contributed by atoms with Crippen LogP contribution in [-0.2, 0) is 24.4 Å². The molecule has 14 nitrogen and oxygen atoms in total. The topological polar surface area (TPSA) is 169 Å². The number of carbonyl (C=O) groups excluding carboxylic acids is 4. The molecule has 0 spiro atoms. The van der Waals surface area contributed by atoms with Crippen molar-refractivity contribution >= 4 is 77.1 Å². The van der Waals surface area contributed by atoms with E-state index < -0.39 is 34.3 Å². The zero-order valence-corrected chi connectivity index (χ0v) is 39.6. The number of methoxy groups -OCH3 is 2. The van der Waals surface area contributed by atoms with Crippen LogP contribution in [0.25, 0.3) is 21.8 Å². The van der Waals surface area contributed by atoms with Crippen molar-refractivity contribution in [3.05, 3.63) is 208 Å². The zero-order valence-electron chi connectivity index (χ0n) is 36.4. The fourth-order valence-electron chi connectivity index (χ4n) is 7.69.